The average Bonchev–Trinajstić information content (AvgIpc) is 2.96. The van der Waals surface area contributed by atoms with Crippen molar-refractivity contribution in [1.29, 1.82) is 0 Å². The molecule has 0 radical (unpaired) electrons. The van der Waals surface area contributed by atoms with Gasteiger partial charge in [-0.3, -0.25) is 15.0 Å². The number of carbonyl (C=O) groups excluding carboxylic acids is 1. The summed E-state index contributed by atoms with van der Waals surface area (Å²) in [6, 6.07) is 6.22. The Hall–Kier alpha value is -1.99. The first-order valence-corrected chi connectivity index (χ1v) is 7.10. The molecule has 0 spiro atoms. The second-order valence-electron chi connectivity index (χ2n) is 5.33. The highest BCUT2D eigenvalue weighted by atomic mass is 16.6. The number of methoxy groups -OCH3 is 2. The number of esters is 1. The highest BCUT2D eigenvalue weighted by Crippen LogP contribution is 2.30. The summed E-state index contributed by atoms with van der Waals surface area (Å²) in [5.41, 5.74) is 1.21. The highest BCUT2D eigenvalue weighted by molar-refractivity contribution is 5.89. The Morgan fingerprint density at radius 1 is 1.41 bits per heavy atom. The van der Waals surface area contributed by atoms with Crippen molar-refractivity contribution >= 4 is 5.97 Å². The van der Waals surface area contributed by atoms with Crippen LogP contribution in [-0.2, 0) is 9.47 Å². The van der Waals surface area contributed by atoms with Gasteiger partial charge in [-0.25, -0.2) is 4.79 Å². The van der Waals surface area contributed by atoms with Crippen molar-refractivity contribution in [3.63, 3.8) is 0 Å². The molecule has 7 nitrogen and oxygen atoms in total. The third-order valence-electron chi connectivity index (χ3n) is 3.98. The van der Waals surface area contributed by atoms with Crippen molar-refractivity contribution in [3.05, 3.63) is 45.5 Å². The molecule has 1 heterocycles. The minimum absolute atomic E-state index is 0.234. The number of hydrogen-bond donors (Lipinski definition) is 0. The van der Waals surface area contributed by atoms with Crippen LogP contribution in [0.4, 0.5) is 0 Å². The SMILES string of the molecule is COCCN1C[C@@H]([N+](=O)[O-])[C@H](c2cccc(C(=O)OC)c2)C1. The van der Waals surface area contributed by atoms with Gasteiger partial charge < -0.3 is 9.47 Å². The highest BCUT2D eigenvalue weighted by Gasteiger charge is 2.41. The number of nitro groups is 1. The lowest BCUT2D eigenvalue weighted by Crippen LogP contribution is -2.29. The summed E-state index contributed by atoms with van der Waals surface area (Å²) in [5.74, 6) is -0.676. The second-order valence-corrected chi connectivity index (χ2v) is 5.33. The van der Waals surface area contributed by atoms with Crippen LogP contribution in [0.2, 0.25) is 0 Å². The van der Waals surface area contributed by atoms with E-state index in [9.17, 15) is 14.9 Å². The van der Waals surface area contributed by atoms with E-state index in [1.807, 2.05) is 11.0 Å². The molecule has 0 bridgehead atoms. The fraction of sp³-hybridized carbons (Fsp3) is 0.533. The molecule has 1 aromatic carbocycles. The molecule has 2 rings (SSSR count). The number of rotatable bonds is 6. The van der Waals surface area contributed by atoms with Crippen LogP contribution >= 0.6 is 0 Å². The van der Waals surface area contributed by atoms with Crippen LogP contribution in [0.3, 0.4) is 0 Å². The number of benzene rings is 1. The van der Waals surface area contributed by atoms with Crippen molar-refractivity contribution in [2.45, 2.75) is 12.0 Å². The maximum atomic E-state index is 11.6. The number of hydrogen-bond acceptors (Lipinski definition) is 6. The van der Waals surface area contributed by atoms with E-state index in [-0.39, 0.29) is 10.8 Å². The van der Waals surface area contributed by atoms with Crippen LogP contribution in [0.15, 0.2) is 24.3 Å². The summed E-state index contributed by atoms with van der Waals surface area (Å²) >= 11 is 0. The van der Waals surface area contributed by atoms with Crippen molar-refractivity contribution in [2.24, 2.45) is 0 Å². The molecule has 7 heteroatoms. The summed E-state index contributed by atoms with van der Waals surface area (Å²) in [6.07, 6.45) is 0. The molecule has 1 aliphatic rings. The molecule has 0 unspecified atom stereocenters. The van der Waals surface area contributed by atoms with Crippen LogP contribution in [-0.4, -0.2) is 62.3 Å². The Morgan fingerprint density at radius 3 is 2.82 bits per heavy atom. The molecule has 120 valence electrons. The third-order valence-corrected chi connectivity index (χ3v) is 3.98. The van der Waals surface area contributed by atoms with Crippen LogP contribution in [0, 0.1) is 10.1 Å². The zero-order valence-electron chi connectivity index (χ0n) is 12.7. The van der Waals surface area contributed by atoms with Crippen LogP contribution < -0.4 is 0 Å². The maximum Gasteiger partial charge on any atom is 0.337 e. The average molecular weight is 308 g/mol. The molecule has 1 saturated heterocycles. The largest absolute Gasteiger partial charge is 0.465 e. The molecule has 1 aliphatic heterocycles. The monoisotopic (exact) mass is 308 g/mol. The third kappa shape index (κ3) is 3.61. The second kappa shape index (κ2) is 7.33. The summed E-state index contributed by atoms with van der Waals surface area (Å²) < 4.78 is 9.74. The summed E-state index contributed by atoms with van der Waals surface area (Å²) in [6.45, 7) is 2.18. The molecule has 0 saturated carbocycles. The Labute approximate surface area is 129 Å². The Balaban J connectivity index is 2.21. The van der Waals surface area contributed by atoms with Crippen molar-refractivity contribution < 1.29 is 19.2 Å². The molecule has 22 heavy (non-hydrogen) atoms. The molecular weight excluding hydrogens is 288 g/mol. The van der Waals surface area contributed by atoms with E-state index in [2.05, 4.69) is 0 Å². The number of likely N-dealkylation sites (tertiary alicyclic amines) is 1. The quantitative estimate of drug-likeness (QED) is 0.446. The summed E-state index contributed by atoms with van der Waals surface area (Å²) in [4.78, 5) is 24.7. The standard InChI is InChI=1S/C15H20N2O5/c1-21-7-6-16-9-13(14(10-16)17(19)20)11-4-3-5-12(8-11)15(18)22-2/h3-5,8,13-14H,6-7,9-10H2,1-2H3/t13-,14+/m0/s1. The summed E-state index contributed by atoms with van der Waals surface area (Å²) in [7, 11) is 2.93. The Bertz CT molecular complexity index is 548. The van der Waals surface area contributed by atoms with Gasteiger partial charge in [0.1, 0.15) is 0 Å². The Kier molecular flexibility index (Phi) is 5.46. The van der Waals surface area contributed by atoms with Gasteiger partial charge in [0, 0.05) is 25.1 Å². The lowest BCUT2D eigenvalue weighted by atomic mass is 9.93. The summed E-state index contributed by atoms with van der Waals surface area (Å²) in [5, 5.41) is 11.3. The van der Waals surface area contributed by atoms with E-state index >= 15 is 0 Å². The van der Waals surface area contributed by atoms with Crippen molar-refractivity contribution in [1.82, 2.24) is 4.90 Å². The zero-order chi connectivity index (χ0) is 16.1. The van der Waals surface area contributed by atoms with E-state index in [1.165, 1.54) is 7.11 Å². The van der Waals surface area contributed by atoms with Crippen LogP contribution in [0.1, 0.15) is 21.8 Å². The topological polar surface area (TPSA) is 81.9 Å². The Morgan fingerprint density at radius 2 is 2.18 bits per heavy atom. The first kappa shape index (κ1) is 16.4. The van der Waals surface area contributed by atoms with E-state index in [0.29, 0.717) is 31.8 Å². The van der Waals surface area contributed by atoms with Gasteiger partial charge in [-0.15, -0.1) is 0 Å². The lowest BCUT2D eigenvalue weighted by molar-refractivity contribution is -0.521. The molecular formula is C15H20N2O5. The smallest absolute Gasteiger partial charge is 0.337 e. The number of ether oxygens (including phenoxy) is 2. The van der Waals surface area contributed by atoms with Gasteiger partial charge in [-0.05, 0) is 17.7 Å². The molecule has 0 aromatic heterocycles. The number of nitrogens with zero attached hydrogens (tertiary/aromatic N) is 2. The van der Waals surface area contributed by atoms with Gasteiger partial charge in [-0.2, -0.15) is 0 Å². The first-order chi connectivity index (χ1) is 10.6. The van der Waals surface area contributed by atoms with E-state index in [4.69, 9.17) is 9.47 Å². The normalized spacial score (nSPS) is 21.7. The minimum atomic E-state index is -0.676. The van der Waals surface area contributed by atoms with E-state index in [0.717, 1.165) is 5.56 Å². The molecule has 0 aliphatic carbocycles. The van der Waals surface area contributed by atoms with Crippen LogP contribution in [0.25, 0.3) is 0 Å². The fourth-order valence-electron chi connectivity index (χ4n) is 2.82. The molecule has 2 atom stereocenters. The van der Waals surface area contributed by atoms with Gasteiger partial charge in [0.25, 0.3) is 0 Å². The van der Waals surface area contributed by atoms with Crippen molar-refractivity contribution in [2.75, 3.05) is 40.5 Å². The molecule has 1 fully saturated rings. The van der Waals surface area contributed by atoms with Crippen molar-refractivity contribution in [3.8, 4) is 0 Å². The van der Waals surface area contributed by atoms with E-state index < -0.39 is 12.0 Å². The van der Waals surface area contributed by atoms with Gasteiger partial charge in [0.15, 0.2) is 0 Å². The van der Waals surface area contributed by atoms with Gasteiger partial charge in [-0.1, -0.05) is 12.1 Å². The molecule has 0 N–H and O–H groups in total. The molecule has 1 aromatic rings. The fourth-order valence-corrected chi connectivity index (χ4v) is 2.82. The van der Waals surface area contributed by atoms with E-state index in [1.54, 1.807) is 25.3 Å². The number of carbonyl (C=O) groups is 1. The van der Waals surface area contributed by atoms with Gasteiger partial charge in [0.05, 0.1) is 31.7 Å². The maximum absolute atomic E-state index is 11.6. The lowest BCUT2D eigenvalue weighted by Gasteiger charge is -2.14. The van der Waals surface area contributed by atoms with Gasteiger partial charge >= 0.3 is 5.97 Å². The predicted octanol–water partition coefficient (Wildman–Crippen LogP) is 1.16. The van der Waals surface area contributed by atoms with Crippen LogP contribution in [0.5, 0.6) is 0 Å². The minimum Gasteiger partial charge on any atom is -0.465 e. The zero-order valence-corrected chi connectivity index (χ0v) is 12.7. The predicted molar refractivity (Wildman–Crippen MR) is 79.6 cm³/mol. The molecule has 0 amide bonds. The van der Waals surface area contributed by atoms with Gasteiger partial charge in [0.2, 0.25) is 6.04 Å². The first-order valence-electron chi connectivity index (χ1n) is 7.10.